The number of nitro groups is 1. The van der Waals surface area contributed by atoms with Gasteiger partial charge in [0, 0.05) is 0 Å². The number of non-ortho nitro benzene ring substituents is 1. The van der Waals surface area contributed by atoms with Crippen LogP contribution < -0.4 is 36.9 Å². The number of nitrogens with zero attached hydrogens (tertiary/aromatic N) is 3. The van der Waals surface area contributed by atoms with Crippen molar-refractivity contribution in [2.45, 2.75) is 53.9 Å². The molecule has 0 fully saturated rings. The third-order valence-corrected chi connectivity index (χ3v) is 22.3. The molecule has 0 saturated carbocycles. The molecule has 0 N–H and O–H groups in total. The van der Waals surface area contributed by atoms with Gasteiger partial charge in [-0.05, 0) is 0 Å². The van der Waals surface area contributed by atoms with Crippen molar-refractivity contribution in [3.05, 3.63) is 171 Å². The Morgan fingerprint density at radius 2 is 1.03 bits per heavy atom. The van der Waals surface area contributed by atoms with Gasteiger partial charge in [0.15, 0.2) is 0 Å². The van der Waals surface area contributed by atoms with Crippen molar-refractivity contribution in [3.8, 4) is 23.0 Å². The van der Waals surface area contributed by atoms with Gasteiger partial charge in [-0.15, -0.1) is 0 Å². The molecule has 3 aliphatic rings. The molecule has 0 aromatic heterocycles. The van der Waals surface area contributed by atoms with Crippen LogP contribution in [-0.4, -0.2) is 18.2 Å². The van der Waals surface area contributed by atoms with Crippen molar-refractivity contribution in [1.29, 1.82) is 0 Å². The molecule has 58 heavy (non-hydrogen) atoms. The summed E-state index contributed by atoms with van der Waals surface area (Å²) < 4.78 is 18.7. The standard InChI is InChI=1S/C50H43GeN3O4/c1-30-8-16-36(17-9-30)52(37-18-10-31(2)11-19-37)40-28-42-48-46(29-40)58-45-27-33(4)26-44-49(45)51(48,35-14-22-39(23-15-35)54(55)56)47-41(24-32(3)25-43(47)57-44)53(42)38-20-12-34(13-21-38)50(5,6)7/h8-29H,1-7H3. The van der Waals surface area contributed by atoms with Crippen LogP contribution in [0.5, 0.6) is 23.0 Å². The number of rotatable bonds is 6. The van der Waals surface area contributed by atoms with Crippen LogP contribution in [0.4, 0.5) is 39.8 Å². The fraction of sp³-hybridized carbons (Fsp3) is 0.160. The Balaban J connectivity index is 1.36. The molecule has 3 heterocycles. The molecule has 0 bridgehead atoms. The van der Waals surface area contributed by atoms with E-state index >= 15 is 0 Å². The summed E-state index contributed by atoms with van der Waals surface area (Å²) in [6, 6.07) is 46.8. The summed E-state index contributed by atoms with van der Waals surface area (Å²) in [6.07, 6.45) is 0. The molecule has 0 amide bonds. The molecular weight excluding hydrogens is 779 g/mol. The van der Waals surface area contributed by atoms with Gasteiger partial charge in [-0.3, -0.25) is 0 Å². The second kappa shape index (κ2) is 12.8. The second-order valence-electron chi connectivity index (χ2n) is 17.0. The summed E-state index contributed by atoms with van der Waals surface area (Å²) in [5, 5.41) is 12.1. The first-order chi connectivity index (χ1) is 27.8. The van der Waals surface area contributed by atoms with E-state index in [1.54, 1.807) is 12.1 Å². The molecule has 7 aromatic carbocycles. The number of hydrogen-bond donors (Lipinski definition) is 0. The van der Waals surface area contributed by atoms with Crippen molar-refractivity contribution in [3.63, 3.8) is 0 Å². The normalized spacial score (nSPS) is 15.6. The monoisotopic (exact) mass is 823 g/mol. The van der Waals surface area contributed by atoms with Gasteiger partial charge in [0.25, 0.3) is 0 Å². The molecule has 7 aromatic rings. The Labute approximate surface area is 341 Å². The van der Waals surface area contributed by atoms with Gasteiger partial charge in [-0.25, -0.2) is 0 Å². The Kier molecular flexibility index (Phi) is 7.99. The summed E-state index contributed by atoms with van der Waals surface area (Å²) in [5.74, 6) is 3.19. The minimum atomic E-state index is -4.14. The van der Waals surface area contributed by atoms with E-state index in [-0.39, 0.29) is 16.0 Å². The van der Waals surface area contributed by atoms with Gasteiger partial charge >= 0.3 is 343 Å². The summed E-state index contributed by atoms with van der Waals surface area (Å²) in [4.78, 5) is 16.5. The molecule has 10 rings (SSSR count). The summed E-state index contributed by atoms with van der Waals surface area (Å²) >= 11 is -4.14. The fourth-order valence-corrected chi connectivity index (χ4v) is 20.5. The fourth-order valence-electron chi connectivity index (χ4n) is 9.20. The van der Waals surface area contributed by atoms with E-state index < -0.39 is 13.3 Å². The van der Waals surface area contributed by atoms with E-state index in [2.05, 4.69) is 167 Å². The van der Waals surface area contributed by atoms with Crippen LogP contribution in [0, 0.1) is 37.8 Å². The summed E-state index contributed by atoms with van der Waals surface area (Å²) in [5.41, 5.74) is 11.9. The van der Waals surface area contributed by atoms with Crippen molar-refractivity contribution in [2.75, 3.05) is 9.80 Å². The third kappa shape index (κ3) is 5.40. The Bertz CT molecular complexity index is 2780. The van der Waals surface area contributed by atoms with Crippen LogP contribution in [-0.2, 0) is 5.41 Å². The molecule has 7 nitrogen and oxygen atoms in total. The quantitative estimate of drug-likeness (QED) is 0.0945. The predicted molar refractivity (Wildman–Crippen MR) is 237 cm³/mol. The van der Waals surface area contributed by atoms with Gasteiger partial charge in [0.05, 0.1) is 0 Å². The average Bonchev–Trinajstić information content (AvgIpc) is 3.18. The molecule has 3 aliphatic heterocycles. The molecule has 0 aliphatic carbocycles. The molecular formula is C50H43GeN3O4. The Morgan fingerprint density at radius 1 is 0.552 bits per heavy atom. The minimum absolute atomic E-state index is 0.0229. The number of ether oxygens (including phenoxy) is 2. The molecule has 8 heteroatoms. The zero-order valence-electron chi connectivity index (χ0n) is 33.7. The van der Waals surface area contributed by atoms with E-state index in [4.69, 9.17) is 9.47 Å². The second-order valence-corrected chi connectivity index (χ2v) is 24.5. The van der Waals surface area contributed by atoms with Gasteiger partial charge in [-0.1, -0.05) is 0 Å². The number of anilines is 6. The van der Waals surface area contributed by atoms with Crippen LogP contribution in [0.1, 0.15) is 48.6 Å². The first-order valence-electron chi connectivity index (χ1n) is 19.7. The molecule has 1 unspecified atom stereocenters. The average molecular weight is 823 g/mol. The van der Waals surface area contributed by atoms with Crippen molar-refractivity contribution >= 4 is 70.7 Å². The molecule has 1 atom stereocenters. The van der Waals surface area contributed by atoms with E-state index in [0.29, 0.717) is 0 Å². The van der Waals surface area contributed by atoms with E-state index in [1.807, 2.05) is 12.1 Å². The van der Waals surface area contributed by atoms with Gasteiger partial charge in [0.1, 0.15) is 0 Å². The molecule has 286 valence electrons. The number of hydrogen-bond acceptors (Lipinski definition) is 6. The van der Waals surface area contributed by atoms with E-state index in [9.17, 15) is 10.1 Å². The number of aryl methyl sites for hydroxylation is 4. The van der Waals surface area contributed by atoms with Crippen molar-refractivity contribution in [1.82, 2.24) is 0 Å². The third-order valence-electron chi connectivity index (χ3n) is 11.9. The maximum absolute atomic E-state index is 12.1. The predicted octanol–water partition coefficient (Wildman–Crippen LogP) is 11.0. The van der Waals surface area contributed by atoms with Crippen LogP contribution in [0.25, 0.3) is 0 Å². The van der Waals surface area contributed by atoms with Crippen molar-refractivity contribution in [2.24, 2.45) is 0 Å². The summed E-state index contributed by atoms with van der Waals surface area (Å²) in [7, 11) is 0. The molecule has 0 spiro atoms. The summed E-state index contributed by atoms with van der Waals surface area (Å²) in [6.45, 7) is 15.1. The molecule has 0 radical (unpaired) electrons. The first kappa shape index (κ1) is 36.1. The van der Waals surface area contributed by atoms with Gasteiger partial charge < -0.3 is 0 Å². The maximum atomic E-state index is 12.1. The zero-order valence-corrected chi connectivity index (χ0v) is 35.8. The molecule has 0 saturated heterocycles. The van der Waals surface area contributed by atoms with Crippen LogP contribution in [0.3, 0.4) is 0 Å². The van der Waals surface area contributed by atoms with E-state index in [1.165, 1.54) is 16.7 Å². The Hall–Kier alpha value is -6.32. The van der Waals surface area contributed by atoms with Crippen LogP contribution >= 0.6 is 0 Å². The van der Waals surface area contributed by atoms with Gasteiger partial charge in [-0.2, -0.15) is 0 Å². The Morgan fingerprint density at radius 3 is 1.55 bits per heavy atom. The van der Waals surface area contributed by atoms with Gasteiger partial charge in [0.2, 0.25) is 0 Å². The zero-order chi connectivity index (χ0) is 40.2. The van der Waals surface area contributed by atoms with E-state index in [0.717, 1.165) is 85.8 Å². The van der Waals surface area contributed by atoms with Crippen molar-refractivity contribution < 1.29 is 14.4 Å². The first-order valence-corrected chi connectivity index (χ1v) is 23.9. The van der Waals surface area contributed by atoms with Crippen LogP contribution in [0.2, 0.25) is 0 Å². The topological polar surface area (TPSA) is 68.1 Å². The number of nitro benzene ring substituents is 1. The van der Waals surface area contributed by atoms with Crippen LogP contribution in [0.15, 0.2) is 133 Å². The SMILES string of the molecule is Cc1ccc(N(c2ccc(C)cc2)c2cc3[c]4c(c2)N(c2ccc(C(C)(C)C)cc2)c2cc(C)cc5[c]2[Ge]4([c]2ccc([N+](=O)[O-])cc2)[c]2c(cc(C)cc2O3)O5)cc1. The number of benzene rings is 7.